The molecule has 2 amide bonds. The predicted molar refractivity (Wildman–Crippen MR) is 75.7 cm³/mol. The second-order valence-corrected chi connectivity index (χ2v) is 5.48. The Bertz CT molecular complexity index is 508. The van der Waals surface area contributed by atoms with Crippen molar-refractivity contribution in [3.05, 3.63) is 34.1 Å². The van der Waals surface area contributed by atoms with Crippen molar-refractivity contribution in [2.75, 3.05) is 0 Å². The molecule has 0 saturated carbocycles. The van der Waals surface area contributed by atoms with Gasteiger partial charge in [-0.05, 0) is 29.7 Å². The Morgan fingerprint density at radius 3 is 2.60 bits per heavy atom. The van der Waals surface area contributed by atoms with Crippen LogP contribution in [-0.2, 0) is 11.3 Å². The molecule has 0 bridgehead atoms. The van der Waals surface area contributed by atoms with Crippen LogP contribution in [0.4, 0.5) is 9.18 Å². The average Bonchev–Trinajstić information content (AvgIpc) is 2.36. The Morgan fingerprint density at radius 1 is 1.40 bits per heavy atom. The number of aliphatic carboxylic acids is 1. The molecular weight excluding hydrogens is 331 g/mol. The zero-order chi connectivity index (χ0) is 15.3. The van der Waals surface area contributed by atoms with E-state index >= 15 is 0 Å². The smallest absolute Gasteiger partial charge is 0.326 e. The van der Waals surface area contributed by atoms with Crippen molar-refractivity contribution >= 4 is 27.9 Å². The van der Waals surface area contributed by atoms with Crippen molar-refractivity contribution < 1.29 is 19.1 Å². The maximum absolute atomic E-state index is 13.1. The summed E-state index contributed by atoms with van der Waals surface area (Å²) in [5, 5.41) is 13.8. The summed E-state index contributed by atoms with van der Waals surface area (Å²) in [5.74, 6) is -1.74. The van der Waals surface area contributed by atoms with E-state index in [0.29, 0.717) is 10.0 Å². The Balaban J connectivity index is 2.59. The van der Waals surface area contributed by atoms with Crippen LogP contribution in [0.1, 0.15) is 19.4 Å². The van der Waals surface area contributed by atoms with Crippen molar-refractivity contribution in [3.8, 4) is 0 Å². The average molecular weight is 347 g/mol. The highest BCUT2D eigenvalue weighted by atomic mass is 79.9. The number of halogens is 2. The van der Waals surface area contributed by atoms with Gasteiger partial charge in [-0.3, -0.25) is 0 Å². The Kier molecular flexibility index (Phi) is 5.94. The predicted octanol–water partition coefficient (Wildman–Crippen LogP) is 2.50. The van der Waals surface area contributed by atoms with Gasteiger partial charge in [-0.1, -0.05) is 29.8 Å². The number of nitrogens with one attached hydrogen (secondary N) is 2. The lowest BCUT2D eigenvalue weighted by molar-refractivity contribution is -0.140. The fourth-order valence-corrected chi connectivity index (χ4v) is 1.95. The molecule has 1 atom stereocenters. The van der Waals surface area contributed by atoms with Gasteiger partial charge in [0.25, 0.3) is 0 Å². The molecule has 20 heavy (non-hydrogen) atoms. The second kappa shape index (κ2) is 7.23. The van der Waals surface area contributed by atoms with Gasteiger partial charge >= 0.3 is 12.0 Å². The lowest BCUT2D eigenvalue weighted by Crippen LogP contribution is -2.48. The largest absolute Gasteiger partial charge is 0.480 e. The van der Waals surface area contributed by atoms with E-state index in [4.69, 9.17) is 5.11 Å². The van der Waals surface area contributed by atoms with E-state index in [1.807, 2.05) is 0 Å². The third kappa shape index (κ3) is 4.80. The highest BCUT2D eigenvalue weighted by Gasteiger charge is 2.23. The summed E-state index contributed by atoms with van der Waals surface area (Å²) in [4.78, 5) is 22.6. The maximum Gasteiger partial charge on any atom is 0.326 e. The van der Waals surface area contributed by atoms with Crippen LogP contribution in [0.2, 0.25) is 0 Å². The van der Waals surface area contributed by atoms with Gasteiger partial charge in [-0.2, -0.15) is 0 Å². The minimum absolute atomic E-state index is 0.0919. The molecule has 1 unspecified atom stereocenters. The van der Waals surface area contributed by atoms with Gasteiger partial charge in [0.1, 0.15) is 11.9 Å². The topological polar surface area (TPSA) is 78.4 Å². The fraction of sp³-hybridized carbons (Fsp3) is 0.385. The SMILES string of the molecule is CC(C)C(NC(=O)NCc1cc(F)ccc1Br)C(=O)O. The first-order chi connectivity index (χ1) is 9.31. The lowest BCUT2D eigenvalue weighted by atomic mass is 10.1. The van der Waals surface area contributed by atoms with E-state index in [1.165, 1.54) is 12.1 Å². The first-order valence-electron chi connectivity index (χ1n) is 6.02. The van der Waals surface area contributed by atoms with Crippen LogP contribution in [0.25, 0.3) is 0 Å². The summed E-state index contributed by atoms with van der Waals surface area (Å²) in [5.41, 5.74) is 0.566. The molecule has 0 aliphatic rings. The normalized spacial score (nSPS) is 12.1. The van der Waals surface area contributed by atoms with Gasteiger partial charge in [0, 0.05) is 11.0 Å². The van der Waals surface area contributed by atoms with Crippen LogP contribution in [0, 0.1) is 11.7 Å². The first kappa shape index (κ1) is 16.4. The van der Waals surface area contributed by atoms with Gasteiger partial charge in [0.15, 0.2) is 0 Å². The molecule has 0 aromatic heterocycles. The van der Waals surface area contributed by atoms with Crippen LogP contribution in [0.5, 0.6) is 0 Å². The number of hydrogen-bond donors (Lipinski definition) is 3. The Labute approximate surface area is 124 Å². The van der Waals surface area contributed by atoms with Gasteiger partial charge in [-0.15, -0.1) is 0 Å². The van der Waals surface area contributed by atoms with Crippen molar-refractivity contribution in [2.45, 2.75) is 26.4 Å². The maximum atomic E-state index is 13.1. The van der Waals surface area contributed by atoms with E-state index in [9.17, 15) is 14.0 Å². The molecule has 1 rings (SSSR count). The Hall–Kier alpha value is -1.63. The number of carbonyl (C=O) groups is 2. The number of amides is 2. The molecule has 1 aromatic rings. The van der Waals surface area contributed by atoms with Gasteiger partial charge in [-0.25, -0.2) is 14.0 Å². The number of carboxylic acid groups (broad SMARTS) is 1. The second-order valence-electron chi connectivity index (χ2n) is 4.62. The first-order valence-corrected chi connectivity index (χ1v) is 6.81. The molecule has 0 radical (unpaired) electrons. The standard InChI is InChI=1S/C13H16BrFN2O3/c1-7(2)11(12(18)19)17-13(20)16-6-8-5-9(15)3-4-10(8)14/h3-5,7,11H,6H2,1-2H3,(H,18,19)(H2,16,17,20). The van der Waals surface area contributed by atoms with E-state index in [2.05, 4.69) is 26.6 Å². The number of rotatable bonds is 5. The summed E-state index contributed by atoms with van der Waals surface area (Å²) in [6.45, 7) is 3.49. The number of hydrogen-bond acceptors (Lipinski definition) is 2. The summed E-state index contributed by atoms with van der Waals surface area (Å²) in [7, 11) is 0. The summed E-state index contributed by atoms with van der Waals surface area (Å²) in [6, 6.07) is 2.56. The molecule has 110 valence electrons. The quantitative estimate of drug-likeness (QED) is 0.766. The molecule has 0 aliphatic heterocycles. The molecular formula is C13H16BrFN2O3. The zero-order valence-electron chi connectivity index (χ0n) is 11.1. The van der Waals surface area contributed by atoms with Gasteiger partial charge in [0.2, 0.25) is 0 Å². The van der Waals surface area contributed by atoms with Gasteiger partial charge in [0.05, 0.1) is 0 Å². The minimum Gasteiger partial charge on any atom is -0.480 e. The minimum atomic E-state index is -1.10. The third-order valence-electron chi connectivity index (χ3n) is 2.67. The molecule has 3 N–H and O–H groups in total. The third-order valence-corrected chi connectivity index (χ3v) is 3.44. The molecule has 0 heterocycles. The molecule has 5 nitrogen and oxygen atoms in total. The van der Waals surface area contributed by atoms with Gasteiger partial charge < -0.3 is 15.7 Å². The van der Waals surface area contributed by atoms with Crippen molar-refractivity contribution in [1.29, 1.82) is 0 Å². The zero-order valence-corrected chi connectivity index (χ0v) is 12.7. The number of carboxylic acids is 1. The molecule has 0 saturated heterocycles. The fourth-order valence-electron chi connectivity index (χ4n) is 1.56. The van der Waals surface area contributed by atoms with E-state index in [0.717, 1.165) is 0 Å². The van der Waals surface area contributed by atoms with Crippen molar-refractivity contribution in [1.82, 2.24) is 10.6 Å². The van der Waals surface area contributed by atoms with Crippen LogP contribution in [0.3, 0.4) is 0 Å². The summed E-state index contributed by atoms with van der Waals surface area (Å²) in [6.07, 6.45) is 0. The molecule has 7 heteroatoms. The van der Waals surface area contributed by atoms with Crippen LogP contribution in [0.15, 0.2) is 22.7 Å². The van der Waals surface area contributed by atoms with E-state index in [-0.39, 0.29) is 12.5 Å². The lowest BCUT2D eigenvalue weighted by Gasteiger charge is -2.18. The summed E-state index contributed by atoms with van der Waals surface area (Å²) < 4.78 is 13.7. The molecule has 0 fully saturated rings. The van der Waals surface area contributed by atoms with Crippen molar-refractivity contribution in [3.63, 3.8) is 0 Å². The van der Waals surface area contributed by atoms with Crippen LogP contribution in [-0.4, -0.2) is 23.1 Å². The number of carbonyl (C=O) groups excluding carboxylic acids is 1. The number of benzene rings is 1. The van der Waals surface area contributed by atoms with E-state index in [1.54, 1.807) is 19.9 Å². The van der Waals surface area contributed by atoms with Crippen LogP contribution >= 0.6 is 15.9 Å². The monoisotopic (exact) mass is 346 g/mol. The summed E-state index contributed by atoms with van der Waals surface area (Å²) >= 11 is 3.25. The molecule has 0 aliphatic carbocycles. The Morgan fingerprint density at radius 2 is 2.05 bits per heavy atom. The number of urea groups is 1. The highest BCUT2D eigenvalue weighted by Crippen LogP contribution is 2.17. The van der Waals surface area contributed by atoms with E-state index < -0.39 is 23.9 Å². The van der Waals surface area contributed by atoms with Crippen molar-refractivity contribution in [2.24, 2.45) is 5.92 Å². The molecule has 1 aromatic carbocycles. The van der Waals surface area contributed by atoms with Crippen LogP contribution < -0.4 is 10.6 Å². The highest BCUT2D eigenvalue weighted by molar-refractivity contribution is 9.10. The molecule has 0 spiro atoms.